The van der Waals surface area contributed by atoms with Gasteiger partial charge in [0.15, 0.2) is 5.82 Å². The van der Waals surface area contributed by atoms with Gasteiger partial charge in [-0.2, -0.15) is 5.10 Å². The van der Waals surface area contributed by atoms with E-state index in [-0.39, 0.29) is 10.7 Å². The molecule has 0 aromatic carbocycles. The van der Waals surface area contributed by atoms with Gasteiger partial charge in [0.1, 0.15) is 4.90 Å². The molecule has 7 nitrogen and oxygen atoms in total. The third-order valence-electron chi connectivity index (χ3n) is 3.04. The summed E-state index contributed by atoms with van der Waals surface area (Å²) < 4.78 is 28.8. The second kappa shape index (κ2) is 5.22. The van der Waals surface area contributed by atoms with Crippen molar-refractivity contribution in [2.75, 3.05) is 5.73 Å². The second-order valence-corrected chi connectivity index (χ2v) is 6.17. The maximum atomic E-state index is 12.4. The Bertz CT molecular complexity index is 709. The van der Waals surface area contributed by atoms with Gasteiger partial charge in [-0.3, -0.25) is 9.67 Å². The lowest BCUT2D eigenvalue weighted by atomic mass is 10.2. The number of sulfonamides is 1. The molecule has 2 aromatic rings. The smallest absolute Gasteiger partial charge is 0.246 e. The molecule has 2 heterocycles. The van der Waals surface area contributed by atoms with Gasteiger partial charge in [-0.15, -0.1) is 0 Å². The van der Waals surface area contributed by atoms with Crippen molar-refractivity contribution < 1.29 is 8.42 Å². The summed E-state index contributed by atoms with van der Waals surface area (Å²) in [4.78, 5) is 4.14. The molecule has 0 fully saturated rings. The van der Waals surface area contributed by atoms with Crippen molar-refractivity contribution in [2.24, 2.45) is 7.05 Å². The number of aromatic nitrogens is 3. The number of hydrogen-bond donors (Lipinski definition) is 2. The first kappa shape index (κ1) is 14.5. The molecule has 3 N–H and O–H groups in total. The normalized spacial score (nSPS) is 13.3. The zero-order valence-corrected chi connectivity index (χ0v) is 12.3. The Morgan fingerprint density at radius 3 is 2.60 bits per heavy atom. The minimum atomic E-state index is -3.75. The van der Waals surface area contributed by atoms with E-state index in [1.807, 2.05) is 0 Å². The molecule has 1 unspecified atom stereocenters. The molecule has 0 bridgehead atoms. The van der Waals surface area contributed by atoms with E-state index in [1.165, 1.54) is 4.68 Å². The van der Waals surface area contributed by atoms with Crippen molar-refractivity contribution in [1.29, 1.82) is 0 Å². The molecule has 0 amide bonds. The Labute approximate surface area is 117 Å². The first-order valence-electron chi connectivity index (χ1n) is 6.05. The second-order valence-electron chi connectivity index (χ2n) is 4.52. The lowest BCUT2D eigenvalue weighted by Gasteiger charge is -2.13. The molecule has 0 radical (unpaired) electrons. The van der Waals surface area contributed by atoms with Crippen molar-refractivity contribution in [3.05, 3.63) is 35.8 Å². The summed E-state index contributed by atoms with van der Waals surface area (Å²) in [5, 5.41) is 3.92. The number of aryl methyl sites for hydroxylation is 1. The van der Waals surface area contributed by atoms with Crippen LogP contribution in [0.5, 0.6) is 0 Å². The Morgan fingerprint density at radius 1 is 1.40 bits per heavy atom. The third kappa shape index (κ3) is 2.66. The van der Waals surface area contributed by atoms with Gasteiger partial charge in [-0.25, -0.2) is 13.1 Å². The molecular weight excluding hydrogens is 278 g/mol. The van der Waals surface area contributed by atoms with Crippen LogP contribution in [-0.4, -0.2) is 23.2 Å². The number of pyridine rings is 1. The standard InChI is InChI=1S/C12H17N5O2S/c1-8(10-6-4-5-7-14-10)16-20(18,19)11-9(2)17(3)15-12(11)13/h4-8,16H,1-3H3,(H2,13,15). The zero-order chi connectivity index (χ0) is 14.9. The summed E-state index contributed by atoms with van der Waals surface area (Å²) in [5.41, 5.74) is 6.80. The lowest BCUT2D eigenvalue weighted by Crippen LogP contribution is -2.28. The minimum absolute atomic E-state index is 0.00859. The van der Waals surface area contributed by atoms with Crippen LogP contribution in [0.1, 0.15) is 24.4 Å². The number of anilines is 1. The quantitative estimate of drug-likeness (QED) is 0.866. The summed E-state index contributed by atoms with van der Waals surface area (Å²) in [6, 6.07) is 4.87. The number of nitrogens with two attached hydrogens (primary N) is 1. The summed E-state index contributed by atoms with van der Waals surface area (Å²) in [7, 11) is -2.10. The number of rotatable bonds is 4. The van der Waals surface area contributed by atoms with Gasteiger partial charge >= 0.3 is 0 Å². The Morgan fingerprint density at radius 2 is 2.10 bits per heavy atom. The number of nitrogens with zero attached hydrogens (tertiary/aromatic N) is 3. The molecule has 2 rings (SSSR count). The molecular formula is C12H17N5O2S. The largest absolute Gasteiger partial charge is 0.381 e. The van der Waals surface area contributed by atoms with E-state index in [0.29, 0.717) is 11.4 Å². The van der Waals surface area contributed by atoms with E-state index in [4.69, 9.17) is 5.73 Å². The van der Waals surface area contributed by atoms with Gasteiger partial charge in [0.25, 0.3) is 0 Å². The van der Waals surface area contributed by atoms with Crippen molar-refractivity contribution in [3.8, 4) is 0 Å². The fraction of sp³-hybridized carbons (Fsp3) is 0.333. The van der Waals surface area contributed by atoms with Gasteiger partial charge in [-0.1, -0.05) is 6.07 Å². The molecule has 8 heteroatoms. The molecule has 20 heavy (non-hydrogen) atoms. The highest BCUT2D eigenvalue weighted by Crippen LogP contribution is 2.23. The van der Waals surface area contributed by atoms with Crippen LogP contribution < -0.4 is 10.5 Å². The van der Waals surface area contributed by atoms with Crippen LogP contribution >= 0.6 is 0 Å². The highest BCUT2D eigenvalue weighted by Gasteiger charge is 2.26. The highest BCUT2D eigenvalue weighted by molar-refractivity contribution is 7.89. The van der Waals surface area contributed by atoms with Crippen molar-refractivity contribution in [2.45, 2.75) is 24.8 Å². The van der Waals surface area contributed by atoms with E-state index < -0.39 is 16.1 Å². The zero-order valence-electron chi connectivity index (χ0n) is 11.5. The van der Waals surface area contributed by atoms with Crippen LogP contribution in [0.25, 0.3) is 0 Å². The minimum Gasteiger partial charge on any atom is -0.381 e. The maximum absolute atomic E-state index is 12.4. The molecule has 1 atom stereocenters. The lowest BCUT2D eigenvalue weighted by molar-refractivity contribution is 0.563. The number of nitrogen functional groups attached to an aromatic ring is 1. The molecule has 0 aliphatic heterocycles. The van der Waals surface area contributed by atoms with E-state index in [2.05, 4.69) is 14.8 Å². The molecule has 0 saturated carbocycles. The average molecular weight is 295 g/mol. The topological polar surface area (TPSA) is 103 Å². The number of hydrogen-bond acceptors (Lipinski definition) is 5. The number of nitrogens with one attached hydrogen (secondary N) is 1. The molecule has 0 saturated heterocycles. The molecule has 108 valence electrons. The molecule has 0 aliphatic rings. The van der Waals surface area contributed by atoms with Crippen LogP contribution in [-0.2, 0) is 17.1 Å². The maximum Gasteiger partial charge on any atom is 0.246 e. The van der Waals surface area contributed by atoms with Crippen molar-refractivity contribution >= 4 is 15.8 Å². The van der Waals surface area contributed by atoms with Crippen molar-refractivity contribution in [1.82, 2.24) is 19.5 Å². The monoisotopic (exact) mass is 295 g/mol. The van der Waals surface area contributed by atoms with E-state index in [1.54, 1.807) is 45.3 Å². The van der Waals surface area contributed by atoms with Crippen LogP contribution in [0.15, 0.2) is 29.3 Å². The fourth-order valence-electron chi connectivity index (χ4n) is 1.93. The van der Waals surface area contributed by atoms with Crippen LogP contribution in [0.2, 0.25) is 0 Å². The van der Waals surface area contributed by atoms with Gasteiger partial charge in [0, 0.05) is 13.2 Å². The molecule has 2 aromatic heterocycles. The van der Waals surface area contributed by atoms with Gasteiger partial charge in [-0.05, 0) is 26.0 Å². The Kier molecular flexibility index (Phi) is 3.78. The van der Waals surface area contributed by atoms with Crippen LogP contribution in [0.4, 0.5) is 5.82 Å². The van der Waals surface area contributed by atoms with Crippen LogP contribution in [0.3, 0.4) is 0 Å². The summed E-state index contributed by atoms with van der Waals surface area (Å²) in [6.45, 7) is 3.38. The Hall–Kier alpha value is -1.93. The van der Waals surface area contributed by atoms with Crippen LogP contribution in [0, 0.1) is 6.92 Å². The van der Waals surface area contributed by atoms with Gasteiger partial charge < -0.3 is 5.73 Å². The van der Waals surface area contributed by atoms with Crippen molar-refractivity contribution in [3.63, 3.8) is 0 Å². The van der Waals surface area contributed by atoms with E-state index in [0.717, 1.165) is 0 Å². The molecule has 0 aliphatic carbocycles. The predicted molar refractivity (Wildman–Crippen MR) is 75.3 cm³/mol. The molecule has 0 spiro atoms. The van der Waals surface area contributed by atoms with E-state index >= 15 is 0 Å². The summed E-state index contributed by atoms with van der Waals surface area (Å²) in [5.74, 6) is -0.00859. The average Bonchev–Trinajstić information content (AvgIpc) is 2.64. The first-order chi connectivity index (χ1) is 9.33. The fourth-order valence-corrected chi connectivity index (χ4v) is 3.47. The van der Waals surface area contributed by atoms with E-state index in [9.17, 15) is 8.42 Å². The first-order valence-corrected chi connectivity index (χ1v) is 7.53. The Balaban J connectivity index is 2.33. The predicted octanol–water partition coefficient (Wildman–Crippen LogP) is 0.745. The third-order valence-corrected chi connectivity index (χ3v) is 4.74. The van der Waals surface area contributed by atoms with Gasteiger partial charge in [0.2, 0.25) is 10.0 Å². The SMILES string of the molecule is Cc1c(S(=O)(=O)NC(C)c2ccccn2)c(N)nn1C. The summed E-state index contributed by atoms with van der Waals surface area (Å²) in [6.07, 6.45) is 1.61. The highest BCUT2D eigenvalue weighted by atomic mass is 32.2. The van der Waals surface area contributed by atoms with Gasteiger partial charge in [0.05, 0.1) is 17.4 Å². The summed E-state index contributed by atoms with van der Waals surface area (Å²) >= 11 is 0.